The van der Waals surface area contributed by atoms with Crippen LogP contribution in [0.2, 0.25) is 5.02 Å². The van der Waals surface area contributed by atoms with Gasteiger partial charge in [-0.1, -0.05) is 35.9 Å². The highest BCUT2D eigenvalue weighted by Crippen LogP contribution is 2.26. The number of hydrogen-bond acceptors (Lipinski definition) is 4. The largest absolute Gasteiger partial charge is 0.483 e. The van der Waals surface area contributed by atoms with E-state index in [9.17, 15) is 4.79 Å². The fraction of sp³-hybridized carbons (Fsp3) is 0.182. The van der Waals surface area contributed by atoms with Crippen LogP contribution in [0.3, 0.4) is 0 Å². The molecule has 0 aliphatic heterocycles. The summed E-state index contributed by atoms with van der Waals surface area (Å²) < 4.78 is 11.4. The molecule has 3 rings (SSSR count). The Bertz CT molecular complexity index is 1020. The van der Waals surface area contributed by atoms with E-state index < -0.39 is 0 Å². The molecular formula is C22H21ClN2O3. The van der Waals surface area contributed by atoms with Crippen molar-refractivity contribution in [2.24, 2.45) is 5.10 Å². The molecule has 0 aliphatic carbocycles. The first-order valence-electron chi connectivity index (χ1n) is 8.81. The smallest absolute Gasteiger partial charge is 0.277 e. The molecule has 0 fully saturated rings. The van der Waals surface area contributed by atoms with Crippen LogP contribution >= 0.6 is 11.6 Å². The zero-order valence-electron chi connectivity index (χ0n) is 16.0. The highest BCUT2D eigenvalue weighted by Gasteiger charge is 2.09. The first-order valence-corrected chi connectivity index (χ1v) is 9.19. The number of furan rings is 1. The van der Waals surface area contributed by atoms with E-state index in [0.717, 1.165) is 28.0 Å². The zero-order chi connectivity index (χ0) is 20.1. The Morgan fingerprint density at radius 2 is 1.93 bits per heavy atom. The number of hydrazone groups is 1. The van der Waals surface area contributed by atoms with Crippen LogP contribution in [0.25, 0.3) is 11.3 Å². The molecule has 5 nitrogen and oxygen atoms in total. The van der Waals surface area contributed by atoms with Crippen LogP contribution < -0.4 is 10.2 Å². The fourth-order valence-corrected chi connectivity index (χ4v) is 2.89. The number of benzene rings is 2. The Morgan fingerprint density at radius 3 is 2.71 bits per heavy atom. The number of carbonyl (C=O) groups is 1. The number of nitrogens with zero attached hydrogens (tertiary/aromatic N) is 1. The third-order valence-electron chi connectivity index (χ3n) is 4.34. The Balaban J connectivity index is 1.55. The minimum atomic E-state index is -0.349. The van der Waals surface area contributed by atoms with E-state index in [4.69, 9.17) is 20.8 Å². The molecule has 28 heavy (non-hydrogen) atoms. The van der Waals surface area contributed by atoms with Gasteiger partial charge in [-0.25, -0.2) is 5.43 Å². The normalized spacial score (nSPS) is 11.0. The van der Waals surface area contributed by atoms with Gasteiger partial charge in [-0.15, -0.1) is 0 Å². The lowest BCUT2D eigenvalue weighted by Gasteiger charge is -2.13. The Hall–Kier alpha value is -3.05. The monoisotopic (exact) mass is 396 g/mol. The topological polar surface area (TPSA) is 63.8 Å². The molecule has 0 saturated carbocycles. The number of amides is 1. The predicted molar refractivity (Wildman–Crippen MR) is 111 cm³/mol. The van der Waals surface area contributed by atoms with Crippen molar-refractivity contribution in [3.8, 4) is 17.1 Å². The van der Waals surface area contributed by atoms with Crippen molar-refractivity contribution < 1.29 is 13.9 Å². The summed E-state index contributed by atoms with van der Waals surface area (Å²) >= 11 is 5.99. The molecule has 0 atom stereocenters. The van der Waals surface area contributed by atoms with Crippen LogP contribution in [0.4, 0.5) is 0 Å². The first kappa shape index (κ1) is 19.7. The van der Waals surface area contributed by atoms with Crippen molar-refractivity contribution in [2.45, 2.75) is 20.8 Å². The molecule has 1 amide bonds. The highest BCUT2D eigenvalue weighted by molar-refractivity contribution is 6.30. The standard InChI is InChI=1S/C22H21ClN2O3/c1-14-7-8-15(2)22(16(14)3)27-13-21(26)25-24-12-19-9-10-20(28-19)17-5-4-6-18(23)11-17/h4-12H,13H2,1-3H3,(H,25,26)/b24-12+. The van der Waals surface area contributed by atoms with Gasteiger partial charge in [-0.3, -0.25) is 4.79 Å². The SMILES string of the molecule is Cc1ccc(C)c(OCC(=O)N/N=C/c2ccc(-c3cccc(Cl)c3)o2)c1C. The van der Waals surface area contributed by atoms with Crippen molar-refractivity contribution in [2.75, 3.05) is 6.61 Å². The molecule has 1 aromatic heterocycles. The van der Waals surface area contributed by atoms with Gasteiger partial charge in [0.1, 0.15) is 17.3 Å². The van der Waals surface area contributed by atoms with Gasteiger partial charge in [-0.05, 0) is 61.7 Å². The highest BCUT2D eigenvalue weighted by atomic mass is 35.5. The lowest BCUT2D eigenvalue weighted by molar-refractivity contribution is -0.123. The number of halogens is 1. The Labute approximate surface area is 169 Å². The van der Waals surface area contributed by atoms with E-state index >= 15 is 0 Å². The number of hydrogen-bond donors (Lipinski definition) is 1. The van der Waals surface area contributed by atoms with Crippen molar-refractivity contribution in [3.63, 3.8) is 0 Å². The molecule has 3 aromatic rings. The summed E-state index contributed by atoms with van der Waals surface area (Å²) in [6, 6.07) is 15.0. The predicted octanol–water partition coefficient (Wildman–Crippen LogP) is 5.05. The maximum absolute atomic E-state index is 12.0. The van der Waals surface area contributed by atoms with Crippen LogP contribution in [0.5, 0.6) is 5.75 Å². The van der Waals surface area contributed by atoms with Gasteiger partial charge in [0.05, 0.1) is 6.21 Å². The molecule has 0 saturated heterocycles. The molecule has 1 N–H and O–H groups in total. The van der Waals surface area contributed by atoms with Crippen LogP contribution in [-0.2, 0) is 4.79 Å². The average Bonchev–Trinajstić information content (AvgIpc) is 3.14. The summed E-state index contributed by atoms with van der Waals surface area (Å²) in [5, 5.41) is 4.55. The fourth-order valence-electron chi connectivity index (χ4n) is 2.70. The van der Waals surface area contributed by atoms with Gasteiger partial charge < -0.3 is 9.15 Å². The summed E-state index contributed by atoms with van der Waals surface area (Å²) in [5.41, 5.74) is 6.44. The van der Waals surface area contributed by atoms with Crippen LogP contribution in [-0.4, -0.2) is 18.7 Å². The third-order valence-corrected chi connectivity index (χ3v) is 4.57. The number of ether oxygens (including phenoxy) is 1. The molecule has 6 heteroatoms. The summed E-state index contributed by atoms with van der Waals surface area (Å²) in [6.07, 6.45) is 1.44. The van der Waals surface area contributed by atoms with Crippen LogP contribution in [0.15, 0.2) is 58.0 Å². The number of rotatable bonds is 6. The van der Waals surface area contributed by atoms with Gasteiger partial charge in [0.15, 0.2) is 6.61 Å². The Morgan fingerprint density at radius 1 is 1.14 bits per heavy atom. The molecule has 2 aromatic carbocycles. The lowest BCUT2D eigenvalue weighted by Crippen LogP contribution is -2.25. The van der Waals surface area contributed by atoms with Gasteiger partial charge >= 0.3 is 0 Å². The molecule has 1 heterocycles. The molecule has 0 aliphatic rings. The Kier molecular flexibility index (Phi) is 6.16. The minimum absolute atomic E-state index is 0.117. The zero-order valence-corrected chi connectivity index (χ0v) is 16.7. The second kappa shape index (κ2) is 8.76. The molecule has 144 valence electrons. The minimum Gasteiger partial charge on any atom is -0.483 e. The number of aryl methyl sites for hydroxylation is 2. The number of nitrogens with one attached hydrogen (secondary N) is 1. The van der Waals surface area contributed by atoms with Crippen molar-refractivity contribution in [3.05, 3.63) is 76.0 Å². The van der Waals surface area contributed by atoms with Gasteiger partial charge in [-0.2, -0.15) is 5.10 Å². The molecule has 0 bridgehead atoms. The van der Waals surface area contributed by atoms with Crippen molar-refractivity contribution >= 4 is 23.7 Å². The summed E-state index contributed by atoms with van der Waals surface area (Å²) in [7, 11) is 0. The van der Waals surface area contributed by atoms with E-state index in [-0.39, 0.29) is 12.5 Å². The van der Waals surface area contributed by atoms with Gasteiger partial charge in [0, 0.05) is 10.6 Å². The summed E-state index contributed by atoms with van der Waals surface area (Å²) in [6.45, 7) is 5.82. The van der Waals surface area contributed by atoms with E-state index in [1.807, 2.05) is 57.2 Å². The average molecular weight is 397 g/mol. The molecule has 0 spiro atoms. The van der Waals surface area contributed by atoms with Crippen molar-refractivity contribution in [1.29, 1.82) is 0 Å². The number of carbonyl (C=O) groups excluding carboxylic acids is 1. The maximum atomic E-state index is 12.0. The quantitative estimate of drug-likeness (QED) is 0.468. The van der Waals surface area contributed by atoms with Crippen molar-refractivity contribution in [1.82, 2.24) is 5.43 Å². The second-order valence-corrected chi connectivity index (χ2v) is 6.88. The van der Waals surface area contributed by atoms with E-state index in [1.54, 1.807) is 12.1 Å². The maximum Gasteiger partial charge on any atom is 0.277 e. The van der Waals surface area contributed by atoms with E-state index in [2.05, 4.69) is 10.5 Å². The first-order chi connectivity index (χ1) is 13.4. The summed E-state index contributed by atoms with van der Waals surface area (Å²) in [4.78, 5) is 12.0. The summed E-state index contributed by atoms with van der Waals surface area (Å²) in [5.74, 6) is 1.57. The lowest BCUT2D eigenvalue weighted by atomic mass is 10.1. The van der Waals surface area contributed by atoms with Gasteiger partial charge in [0.2, 0.25) is 0 Å². The van der Waals surface area contributed by atoms with Crippen LogP contribution in [0, 0.1) is 20.8 Å². The molecule has 0 unspecified atom stereocenters. The third kappa shape index (κ3) is 4.81. The van der Waals surface area contributed by atoms with Crippen LogP contribution in [0.1, 0.15) is 22.5 Å². The molecule has 0 radical (unpaired) electrons. The van der Waals surface area contributed by atoms with Gasteiger partial charge in [0.25, 0.3) is 5.91 Å². The van der Waals surface area contributed by atoms with E-state index in [1.165, 1.54) is 6.21 Å². The molecular weight excluding hydrogens is 376 g/mol. The van der Waals surface area contributed by atoms with E-state index in [0.29, 0.717) is 16.5 Å². The second-order valence-electron chi connectivity index (χ2n) is 6.45.